The molecule has 1 aromatic heterocycles. The highest BCUT2D eigenvalue weighted by Crippen LogP contribution is 2.28. The summed E-state index contributed by atoms with van der Waals surface area (Å²) in [5.74, 6) is 1.14. The van der Waals surface area contributed by atoms with Gasteiger partial charge in [0.25, 0.3) is 5.56 Å². The van der Waals surface area contributed by atoms with Gasteiger partial charge in [0.05, 0.1) is 11.2 Å². The normalized spacial score (nSPS) is 19.6. The van der Waals surface area contributed by atoms with Crippen molar-refractivity contribution < 1.29 is 0 Å². The number of piperazine rings is 1. The number of hydrogen-bond acceptors (Lipinski definition) is 6. The average molecular weight is 393 g/mol. The first-order valence-corrected chi connectivity index (χ1v) is 10.5. The fraction of sp³-hybridized carbons (Fsp3) is 0.409. The van der Waals surface area contributed by atoms with Crippen LogP contribution < -0.4 is 21.7 Å². The van der Waals surface area contributed by atoms with E-state index in [1.165, 1.54) is 5.56 Å². The van der Waals surface area contributed by atoms with E-state index in [1.807, 2.05) is 6.92 Å². The SMILES string of the molecule is CC1=CC=C(N2CCN(Cc3ccc4c5c(c(=O)[nH]c4c3)CCCN5)CC2)NN1. The summed E-state index contributed by atoms with van der Waals surface area (Å²) in [5, 5.41) is 4.55. The third-order valence-electron chi connectivity index (χ3n) is 6.08. The zero-order chi connectivity index (χ0) is 19.8. The number of aromatic amines is 1. The van der Waals surface area contributed by atoms with Crippen molar-refractivity contribution in [1.29, 1.82) is 0 Å². The summed E-state index contributed by atoms with van der Waals surface area (Å²) in [7, 11) is 0. The molecule has 0 aliphatic carbocycles. The fourth-order valence-electron chi connectivity index (χ4n) is 4.44. The van der Waals surface area contributed by atoms with E-state index in [0.29, 0.717) is 0 Å². The predicted octanol–water partition coefficient (Wildman–Crippen LogP) is 1.86. The Bertz CT molecular complexity index is 1050. The number of rotatable bonds is 3. The number of hydrazine groups is 1. The molecular weight excluding hydrogens is 364 g/mol. The highest BCUT2D eigenvalue weighted by Gasteiger charge is 2.20. The second kappa shape index (κ2) is 7.48. The van der Waals surface area contributed by atoms with Gasteiger partial charge in [-0.2, -0.15) is 0 Å². The maximum absolute atomic E-state index is 12.5. The van der Waals surface area contributed by atoms with Crippen molar-refractivity contribution in [2.24, 2.45) is 0 Å². The average Bonchev–Trinajstić information content (AvgIpc) is 2.75. The van der Waals surface area contributed by atoms with Gasteiger partial charge in [-0.1, -0.05) is 12.1 Å². The number of allylic oxidation sites excluding steroid dienone is 3. The van der Waals surface area contributed by atoms with Crippen LogP contribution in [0.25, 0.3) is 10.9 Å². The molecule has 3 aliphatic heterocycles. The molecule has 0 spiro atoms. The number of anilines is 1. The summed E-state index contributed by atoms with van der Waals surface area (Å²) in [5.41, 5.74) is 11.7. The molecule has 5 rings (SSSR count). The van der Waals surface area contributed by atoms with Crippen LogP contribution >= 0.6 is 0 Å². The number of nitrogens with zero attached hydrogens (tertiary/aromatic N) is 2. The van der Waals surface area contributed by atoms with Gasteiger partial charge in [0.15, 0.2) is 0 Å². The molecule has 7 heteroatoms. The van der Waals surface area contributed by atoms with Crippen molar-refractivity contribution in [3.63, 3.8) is 0 Å². The number of pyridine rings is 1. The van der Waals surface area contributed by atoms with Gasteiger partial charge in [0.2, 0.25) is 0 Å². The molecule has 4 heterocycles. The van der Waals surface area contributed by atoms with E-state index in [1.54, 1.807) is 0 Å². The standard InChI is InChI=1S/C22H28N6O/c1-15-4-7-20(26-25-15)28-11-9-27(10-12-28)14-16-5-6-17-19(13-16)24-22(29)18-3-2-8-23-21(17)18/h4-7,13,23,25-26H,2-3,8-12,14H2,1H3,(H,24,29). The first-order chi connectivity index (χ1) is 14.2. The van der Waals surface area contributed by atoms with E-state index >= 15 is 0 Å². The van der Waals surface area contributed by atoms with Gasteiger partial charge in [-0.3, -0.25) is 15.1 Å². The van der Waals surface area contributed by atoms with Crippen LogP contribution in [0.3, 0.4) is 0 Å². The molecule has 0 amide bonds. The van der Waals surface area contributed by atoms with Crippen molar-refractivity contribution in [2.45, 2.75) is 26.3 Å². The number of benzene rings is 1. The van der Waals surface area contributed by atoms with Crippen molar-refractivity contribution in [2.75, 3.05) is 38.0 Å². The lowest BCUT2D eigenvalue weighted by Crippen LogP contribution is -2.49. The molecule has 2 aromatic rings. The molecule has 1 fully saturated rings. The van der Waals surface area contributed by atoms with Crippen LogP contribution in [0, 0.1) is 0 Å². The Hall–Kier alpha value is -2.93. The van der Waals surface area contributed by atoms with Crippen LogP contribution in [-0.2, 0) is 13.0 Å². The van der Waals surface area contributed by atoms with Crippen LogP contribution in [0.15, 0.2) is 46.7 Å². The summed E-state index contributed by atoms with van der Waals surface area (Å²) in [6.45, 7) is 7.91. The van der Waals surface area contributed by atoms with E-state index in [4.69, 9.17) is 0 Å². The van der Waals surface area contributed by atoms with E-state index < -0.39 is 0 Å². The van der Waals surface area contributed by atoms with Crippen molar-refractivity contribution >= 4 is 16.6 Å². The number of hydrogen-bond donors (Lipinski definition) is 4. The molecular formula is C22H28N6O. The second-order valence-electron chi connectivity index (χ2n) is 8.13. The van der Waals surface area contributed by atoms with Crippen molar-refractivity contribution in [3.05, 3.63) is 63.3 Å². The predicted molar refractivity (Wildman–Crippen MR) is 116 cm³/mol. The summed E-state index contributed by atoms with van der Waals surface area (Å²) >= 11 is 0. The van der Waals surface area contributed by atoms with Gasteiger partial charge in [-0.05, 0) is 43.5 Å². The van der Waals surface area contributed by atoms with E-state index in [9.17, 15) is 4.79 Å². The first kappa shape index (κ1) is 18.1. The van der Waals surface area contributed by atoms with Crippen molar-refractivity contribution in [3.8, 4) is 0 Å². The summed E-state index contributed by atoms with van der Waals surface area (Å²) in [4.78, 5) is 20.4. The van der Waals surface area contributed by atoms with Crippen molar-refractivity contribution in [1.82, 2.24) is 25.6 Å². The summed E-state index contributed by atoms with van der Waals surface area (Å²) < 4.78 is 0. The molecule has 4 N–H and O–H groups in total. The largest absolute Gasteiger partial charge is 0.384 e. The van der Waals surface area contributed by atoms with E-state index in [0.717, 1.165) is 85.8 Å². The van der Waals surface area contributed by atoms with Crippen LogP contribution in [0.5, 0.6) is 0 Å². The number of nitrogens with one attached hydrogen (secondary N) is 4. The van der Waals surface area contributed by atoms with E-state index in [2.05, 4.69) is 61.3 Å². The molecule has 0 atom stereocenters. The maximum Gasteiger partial charge on any atom is 0.253 e. The van der Waals surface area contributed by atoms with Gasteiger partial charge in [-0.25, -0.2) is 0 Å². The Morgan fingerprint density at radius 2 is 1.93 bits per heavy atom. The topological polar surface area (TPSA) is 75.4 Å². The molecule has 0 radical (unpaired) electrons. The Labute approximate surface area is 170 Å². The lowest BCUT2D eigenvalue weighted by Gasteiger charge is -2.38. The van der Waals surface area contributed by atoms with Gasteiger partial charge in [0.1, 0.15) is 5.82 Å². The molecule has 3 aliphatic rings. The Morgan fingerprint density at radius 1 is 1.07 bits per heavy atom. The molecule has 1 aromatic carbocycles. The Balaban J connectivity index is 1.28. The van der Waals surface area contributed by atoms with E-state index in [-0.39, 0.29) is 5.56 Å². The molecule has 7 nitrogen and oxygen atoms in total. The summed E-state index contributed by atoms with van der Waals surface area (Å²) in [6.07, 6.45) is 6.11. The third kappa shape index (κ3) is 3.58. The minimum Gasteiger partial charge on any atom is -0.384 e. The van der Waals surface area contributed by atoms with Crippen LogP contribution in [0.2, 0.25) is 0 Å². The number of aromatic nitrogens is 1. The lowest BCUT2D eigenvalue weighted by molar-refractivity contribution is 0.144. The van der Waals surface area contributed by atoms with Crippen LogP contribution in [0.4, 0.5) is 5.69 Å². The zero-order valence-electron chi connectivity index (χ0n) is 16.8. The molecule has 152 valence electrons. The number of fused-ring (bicyclic) bond motifs is 3. The third-order valence-corrected chi connectivity index (χ3v) is 6.08. The molecule has 0 bridgehead atoms. The monoisotopic (exact) mass is 392 g/mol. The Kier molecular flexibility index (Phi) is 4.67. The lowest BCUT2D eigenvalue weighted by atomic mass is 10.0. The molecule has 0 unspecified atom stereocenters. The van der Waals surface area contributed by atoms with Gasteiger partial charge >= 0.3 is 0 Å². The second-order valence-corrected chi connectivity index (χ2v) is 8.13. The molecule has 0 saturated carbocycles. The van der Waals surface area contributed by atoms with Gasteiger partial charge in [0, 0.05) is 55.9 Å². The molecule has 29 heavy (non-hydrogen) atoms. The summed E-state index contributed by atoms with van der Waals surface area (Å²) in [6, 6.07) is 6.50. The number of H-pyrrole nitrogens is 1. The highest BCUT2D eigenvalue weighted by atomic mass is 16.1. The minimum absolute atomic E-state index is 0.0524. The quantitative estimate of drug-likeness (QED) is 0.639. The van der Waals surface area contributed by atoms with Crippen LogP contribution in [-0.4, -0.2) is 47.5 Å². The highest BCUT2D eigenvalue weighted by molar-refractivity contribution is 5.93. The fourth-order valence-corrected chi connectivity index (χ4v) is 4.44. The van der Waals surface area contributed by atoms with Crippen LogP contribution in [0.1, 0.15) is 24.5 Å². The van der Waals surface area contributed by atoms with Gasteiger partial charge in [-0.15, -0.1) is 0 Å². The molecule has 1 saturated heterocycles. The Morgan fingerprint density at radius 3 is 2.72 bits per heavy atom. The van der Waals surface area contributed by atoms with Gasteiger partial charge < -0.3 is 20.6 Å². The zero-order valence-corrected chi connectivity index (χ0v) is 16.8. The maximum atomic E-state index is 12.5. The smallest absolute Gasteiger partial charge is 0.253 e. The minimum atomic E-state index is 0.0524. The first-order valence-electron chi connectivity index (χ1n) is 10.5.